The number of carbonyl (C=O) groups is 1. The fourth-order valence-corrected chi connectivity index (χ4v) is 2.15. The van der Waals surface area contributed by atoms with Gasteiger partial charge in [-0.25, -0.2) is 4.39 Å². The second-order valence-electron chi connectivity index (χ2n) is 5.03. The Labute approximate surface area is 130 Å². The van der Waals surface area contributed by atoms with Crippen LogP contribution in [-0.2, 0) is 4.79 Å². The van der Waals surface area contributed by atoms with Crippen molar-refractivity contribution < 1.29 is 13.9 Å². The van der Waals surface area contributed by atoms with E-state index in [1.165, 1.54) is 12.1 Å². The average Bonchev–Trinajstić information content (AvgIpc) is 2.52. The lowest BCUT2D eigenvalue weighted by Gasteiger charge is -2.21. The summed E-state index contributed by atoms with van der Waals surface area (Å²) in [6.45, 7) is 4.76. The molecule has 0 aliphatic heterocycles. The zero-order valence-corrected chi connectivity index (χ0v) is 12.9. The molecule has 0 aliphatic rings. The Morgan fingerprint density at radius 3 is 2.32 bits per heavy atom. The first-order valence-electron chi connectivity index (χ1n) is 7.35. The molecule has 4 heteroatoms. The van der Waals surface area contributed by atoms with E-state index in [1.54, 1.807) is 17.0 Å². The summed E-state index contributed by atoms with van der Waals surface area (Å²) in [7, 11) is 0. The maximum Gasteiger partial charge on any atom is 0.230 e. The van der Waals surface area contributed by atoms with Crippen molar-refractivity contribution in [3.63, 3.8) is 0 Å². The number of benzene rings is 2. The molecule has 0 bridgehead atoms. The first-order chi connectivity index (χ1) is 10.6. The van der Waals surface area contributed by atoms with Gasteiger partial charge in [0.2, 0.25) is 5.91 Å². The SMILES string of the molecule is CCN(C(=O)CCOc1ccc(C)cc1)c1ccc(F)cc1. The van der Waals surface area contributed by atoms with Gasteiger partial charge in [-0.2, -0.15) is 0 Å². The number of amides is 1. The van der Waals surface area contributed by atoms with Crippen LogP contribution in [0, 0.1) is 12.7 Å². The summed E-state index contributed by atoms with van der Waals surface area (Å²) in [5, 5.41) is 0. The number of nitrogens with zero attached hydrogens (tertiary/aromatic N) is 1. The molecule has 0 fully saturated rings. The van der Waals surface area contributed by atoms with E-state index in [0.717, 1.165) is 11.3 Å². The molecule has 1 amide bonds. The zero-order valence-electron chi connectivity index (χ0n) is 12.9. The summed E-state index contributed by atoms with van der Waals surface area (Å²) in [6, 6.07) is 13.6. The highest BCUT2D eigenvalue weighted by atomic mass is 19.1. The van der Waals surface area contributed by atoms with Crippen LogP contribution in [0.15, 0.2) is 48.5 Å². The van der Waals surface area contributed by atoms with Crippen LogP contribution in [0.1, 0.15) is 18.9 Å². The Balaban J connectivity index is 1.89. The Hall–Kier alpha value is -2.36. The van der Waals surface area contributed by atoms with Gasteiger partial charge >= 0.3 is 0 Å². The van der Waals surface area contributed by atoms with E-state index in [9.17, 15) is 9.18 Å². The molecule has 0 heterocycles. The molecule has 2 rings (SSSR count). The molecule has 0 saturated carbocycles. The summed E-state index contributed by atoms with van der Waals surface area (Å²) < 4.78 is 18.5. The minimum atomic E-state index is -0.310. The van der Waals surface area contributed by atoms with E-state index < -0.39 is 0 Å². The quantitative estimate of drug-likeness (QED) is 0.808. The molecule has 0 atom stereocenters. The van der Waals surface area contributed by atoms with Gasteiger partial charge in [-0.05, 0) is 50.2 Å². The third-order valence-corrected chi connectivity index (χ3v) is 3.36. The number of aryl methyl sites for hydroxylation is 1. The lowest BCUT2D eigenvalue weighted by atomic mass is 10.2. The van der Waals surface area contributed by atoms with Gasteiger partial charge in [-0.15, -0.1) is 0 Å². The van der Waals surface area contributed by atoms with Crippen molar-refractivity contribution in [3.8, 4) is 5.75 Å². The second-order valence-corrected chi connectivity index (χ2v) is 5.03. The minimum absolute atomic E-state index is 0.0405. The highest BCUT2D eigenvalue weighted by Gasteiger charge is 2.13. The number of hydrogen-bond acceptors (Lipinski definition) is 2. The molecule has 0 unspecified atom stereocenters. The number of ether oxygens (including phenoxy) is 1. The van der Waals surface area contributed by atoms with E-state index >= 15 is 0 Å². The molecule has 0 aliphatic carbocycles. The van der Waals surface area contributed by atoms with Crippen molar-refractivity contribution >= 4 is 11.6 Å². The number of halogens is 1. The summed E-state index contributed by atoms with van der Waals surface area (Å²) >= 11 is 0. The van der Waals surface area contributed by atoms with Crippen LogP contribution in [-0.4, -0.2) is 19.1 Å². The Morgan fingerprint density at radius 1 is 1.09 bits per heavy atom. The van der Waals surface area contributed by atoms with Crippen LogP contribution in [0.4, 0.5) is 10.1 Å². The van der Waals surface area contributed by atoms with Gasteiger partial charge in [0.1, 0.15) is 11.6 Å². The number of anilines is 1. The lowest BCUT2D eigenvalue weighted by Crippen LogP contribution is -2.31. The standard InChI is InChI=1S/C18H20FNO2/c1-3-20(16-8-6-15(19)7-9-16)18(21)12-13-22-17-10-4-14(2)5-11-17/h4-11H,3,12-13H2,1-2H3. The predicted octanol–water partition coefficient (Wildman–Crippen LogP) is 3.96. The maximum absolute atomic E-state index is 13.0. The molecule has 2 aromatic carbocycles. The summed E-state index contributed by atoms with van der Waals surface area (Å²) in [6.07, 6.45) is 0.277. The normalized spacial score (nSPS) is 10.3. The van der Waals surface area contributed by atoms with Gasteiger partial charge in [0.15, 0.2) is 0 Å². The van der Waals surface area contributed by atoms with Crippen LogP contribution in [0.5, 0.6) is 5.75 Å². The minimum Gasteiger partial charge on any atom is -0.493 e. The van der Waals surface area contributed by atoms with Crippen LogP contribution >= 0.6 is 0 Å². The van der Waals surface area contributed by atoms with Gasteiger partial charge in [0.05, 0.1) is 13.0 Å². The topological polar surface area (TPSA) is 29.5 Å². The highest BCUT2D eigenvalue weighted by molar-refractivity contribution is 5.93. The van der Waals surface area contributed by atoms with Gasteiger partial charge in [0.25, 0.3) is 0 Å². The van der Waals surface area contributed by atoms with Gasteiger partial charge in [-0.1, -0.05) is 17.7 Å². The molecule has 0 radical (unpaired) electrons. The van der Waals surface area contributed by atoms with Crippen molar-refractivity contribution in [2.24, 2.45) is 0 Å². The van der Waals surface area contributed by atoms with Crippen LogP contribution in [0.2, 0.25) is 0 Å². The summed E-state index contributed by atoms with van der Waals surface area (Å²) in [5.41, 5.74) is 1.86. The summed E-state index contributed by atoms with van der Waals surface area (Å²) in [5.74, 6) is 0.402. The van der Waals surface area contributed by atoms with Gasteiger partial charge < -0.3 is 9.64 Å². The van der Waals surface area contributed by atoms with Crippen molar-refractivity contribution in [2.75, 3.05) is 18.1 Å². The summed E-state index contributed by atoms with van der Waals surface area (Å²) in [4.78, 5) is 13.9. The van der Waals surface area contributed by atoms with Crippen molar-refractivity contribution in [3.05, 3.63) is 59.9 Å². The van der Waals surface area contributed by atoms with Crippen LogP contribution in [0.25, 0.3) is 0 Å². The molecule has 116 valence electrons. The average molecular weight is 301 g/mol. The molecule has 2 aromatic rings. The van der Waals surface area contributed by atoms with Gasteiger partial charge in [-0.3, -0.25) is 4.79 Å². The molecular weight excluding hydrogens is 281 g/mol. The van der Waals surface area contributed by atoms with E-state index in [1.807, 2.05) is 38.1 Å². The maximum atomic E-state index is 13.0. The highest BCUT2D eigenvalue weighted by Crippen LogP contribution is 2.16. The second kappa shape index (κ2) is 7.59. The van der Waals surface area contributed by atoms with Crippen molar-refractivity contribution in [1.82, 2.24) is 0 Å². The smallest absolute Gasteiger partial charge is 0.230 e. The Bertz CT molecular complexity index is 608. The third kappa shape index (κ3) is 4.32. The molecule has 0 saturated heterocycles. The lowest BCUT2D eigenvalue weighted by molar-refractivity contribution is -0.119. The monoisotopic (exact) mass is 301 g/mol. The molecule has 0 aromatic heterocycles. The van der Waals surface area contributed by atoms with E-state index in [2.05, 4.69) is 0 Å². The largest absolute Gasteiger partial charge is 0.493 e. The van der Waals surface area contributed by atoms with E-state index in [0.29, 0.717) is 18.8 Å². The molecular formula is C18H20FNO2. The number of carbonyl (C=O) groups excluding carboxylic acids is 1. The van der Waals surface area contributed by atoms with Crippen molar-refractivity contribution in [1.29, 1.82) is 0 Å². The number of hydrogen-bond donors (Lipinski definition) is 0. The Morgan fingerprint density at radius 2 is 1.73 bits per heavy atom. The molecule has 22 heavy (non-hydrogen) atoms. The van der Waals surface area contributed by atoms with E-state index in [-0.39, 0.29) is 18.1 Å². The zero-order chi connectivity index (χ0) is 15.9. The molecule has 0 spiro atoms. The first kappa shape index (κ1) is 16.0. The Kier molecular flexibility index (Phi) is 5.53. The van der Waals surface area contributed by atoms with E-state index in [4.69, 9.17) is 4.74 Å². The molecule has 3 nitrogen and oxygen atoms in total. The van der Waals surface area contributed by atoms with Crippen LogP contribution < -0.4 is 9.64 Å². The number of rotatable bonds is 6. The van der Waals surface area contributed by atoms with Crippen molar-refractivity contribution in [2.45, 2.75) is 20.3 Å². The third-order valence-electron chi connectivity index (χ3n) is 3.36. The van der Waals surface area contributed by atoms with Gasteiger partial charge in [0, 0.05) is 12.2 Å². The van der Waals surface area contributed by atoms with Crippen LogP contribution in [0.3, 0.4) is 0 Å². The predicted molar refractivity (Wildman–Crippen MR) is 85.7 cm³/mol. The fraction of sp³-hybridized carbons (Fsp3) is 0.278. The fourth-order valence-electron chi connectivity index (χ4n) is 2.15. The first-order valence-corrected chi connectivity index (χ1v) is 7.35. The molecule has 0 N–H and O–H groups in total.